The van der Waals surface area contributed by atoms with E-state index in [4.69, 9.17) is 14.2 Å². The number of pyridine rings is 1. The molecule has 0 saturated heterocycles. The largest absolute Gasteiger partial charge is 0.495 e. The lowest BCUT2D eigenvalue weighted by atomic mass is 10.1. The van der Waals surface area contributed by atoms with Crippen LogP contribution in [0.5, 0.6) is 17.2 Å². The number of nitrogens with one attached hydrogen (secondary N) is 2. The van der Waals surface area contributed by atoms with Crippen molar-refractivity contribution in [1.29, 1.82) is 0 Å². The fraction of sp³-hybridized carbons (Fsp3) is 0.273. The van der Waals surface area contributed by atoms with E-state index in [-0.39, 0.29) is 11.5 Å². The lowest BCUT2D eigenvalue weighted by Crippen LogP contribution is -2.27. The molecular formula is C22H24N2O5. The zero-order valence-electron chi connectivity index (χ0n) is 16.9. The zero-order valence-corrected chi connectivity index (χ0v) is 16.9. The highest BCUT2D eigenvalue weighted by Gasteiger charge is 2.12. The molecule has 0 fully saturated rings. The molecule has 7 nitrogen and oxygen atoms in total. The van der Waals surface area contributed by atoms with Crippen molar-refractivity contribution in [2.75, 3.05) is 27.9 Å². The minimum absolute atomic E-state index is 0.193. The first-order valence-corrected chi connectivity index (χ1v) is 9.18. The van der Waals surface area contributed by atoms with Crippen LogP contribution in [0.1, 0.15) is 21.5 Å². The number of carbonyl (C=O) groups excluding carboxylic acids is 1. The minimum Gasteiger partial charge on any atom is -0.495 e. The van der Waals surface area contributed by atoms with Crippen molar-refractivity contribution in [3.8, 4) is 17.2 Å². The van der Waals surface area contributed by atoms with Gasteiger partial charge in [0.2, 0.25) is 0 Å². The Labute approximate surface area is 168 Å². The number of methoxy groups -OCH3 is 3. The van der Waals surface area contributed by atoms with Crippen molar-refractivity contribution >= 4 is 16.8 Å². The number of hydrogen-bond donors (Lipinski definition) is 2. The van der Waals surface area contributed by atoms with E-state index in [2.05, 4.69) is 10.3 Å². The SMILES string of the molecule is COc1ccc(C(=O)NCCc2cc3c(C)ccc(OC)c3[nH]c2=O)cc1OC. The summed E-state index contributed by atoms with van der Waals surface area (Å²) < 4.78 is 15.7. The van der Waals surface area contributed by atoms with E-state index in [9.17, 15) is 9.59 Å². The first-order valence-electron chi connectivity index (χ1n) is 9.18. The fourth-order valence-corrected chi connectivity index (χ4v) is 3.20. The topological polar surface area (TPSA) is 89.7 Å². The molecule has 2 N–H and O–H groups in total. The molecule has 0 radical (unpaired) electrons. The number of rotatable bonds is 7. The van der Waals surface area contributed by atoms with Gasteiger partial charge in [0.25, 0.3) is 11.5 Å². The molecule has 0 aliphatic rings. The summed E-state index contributed by atoms with van der Waals surface area (Å²) in [4.78, 5) is 27.8. The molecule has 0 atom stereocenters. The molecule has 1 aromatic heterocycles. The van der Waals surface area contributed by atoms with E-state index in [1.807, 2.05) is 25.1 Å². The molecule has 0 saturated carbocycles. The Kier molecular flexibility index (Phi) is 6.07. The van der Waals surface area contributed by atoms with Gasteiger partial charge in [-0.1, -0.05) is 6.07 Å². The van der Waals surface area contributed by atoms with Gasteiger partial charge >= 0.3 is 0 Å². The summed E-state index contributed by atoms with van der Waals surface area (Å²) in [5, 5.41) is 3.76. The third-order valence-corrected chi connectivity index (χ3v) is 4.82. The van der Waals surface area contributed by atoms with E-state index in [0.717, 1.165) is 10.9 Å². The van der Waals surface area contributed by atoms with Crippen LogP contribution in [-0.4, -0.2) is 38.8 Å². The van der Waals surface area contributed by atoms with E-state index in [0.29, 0.717) is 46.9 Å². The normalized spacial score (nSPS) is 10.6. The van der Waals surface area contributed by atoms with Crippen molar-refractivity contribution in [3.63, 3.8) is 0 Å². The molecule has 2 aromatic carbocycles. The average molecular weight is 396 g/mol. The second-order valence-corrected chi connectivity index (χ2v) is 6.57. The van der Waals surface area contributed by atoms with Crippen LogP contribution in [0.25, 0.3) is 10.9 Å². The Balaban J connectivity index is 1.74. The number of aromatic amines is 1. The number of ether oxygens (including phenoxy) is 3. The van der Waals surface area contributed by atoms with Crippen LogP contribution in [0.15, 0.2) is 41.2 Å². The number of fused-ring (bicyclic) bond motifs is 1. The lowest BCUT2D eigenvalue weighted by molar-refractivity contribution is 0.0953. The van der Waals surface area contributed by atoms with Gasteiger partial charge in [0.05, 0.1) is 26.8 Å². The number of amides is 1. The predicted molar refractivity (Wildman–Crippen MR) is 111 cm³/mol. The Morgan fingerprint density at radius 2 is 1.66 bits per heavy atom. The highest BCUT2D eigenvalue weighted by Crippen LogP contribution is 2.28. The highest BCUT2D eigenvalue weighted by molar-refractivity contribution is 5.95. The second-order valence-electron chi connectivity index (χ2n) is 6.57. The number of aryl methyl sites for hydroxylation is 1. The molecule has 0 aliphatic heterocycles. The summed E-state index contributed by atoms with van der Waals surface area (Å²) in [6.07, 6.45) is 0.404. The summed E-state index contributed by atoms with van der Waals surface area (Å²) in [7, 11) is 4.62. The standard InChI is InChI=1S/C22H24N2O5/c1-13-5-7-18(28-3)20-16(13)11-15(22(26)24-20)9-10-23-21(25)14-6-8-17(27-2)19(12-14)29-4/h5-8,11-12H,9-10H2,1-4H3,(H,23,25)(H,24,26). The van der Waals surface area contributed by atoms with Gasteiger partial charge in [0, 0.05) is 23.1 Å². The number of aromatic nitrogens is 1. The van der Waals surface area contributed by atoms with Crippen LogP contribution >= 0.6 is 0 Å². The molecule has 3 rings (SSSR count). The molecule has 0 unspecified atom stereocenters. The Bertz CT molecular complexity index is 1100. The molecule has 152 valence electrons. The summed E-state index contributed by atoms with van der Waals surface area (Å²) in [5.41, 5.74) is 2.57. The average Bonchev–Trinajstić information content (AvgIpc) is 2.74. The van der Waals surface area contributed by atoms with E-state index < -0.39 is 0 Å². The second kappa shape index (κ2) is 8.68. The molecule has 29 heavy (non-hydrogen) atoms. The van der Waals surface area contributed by atoms with Gasteiger partial charge in [-0.3, -0.25) is 9.59 Å². The summed E-state index contributed by atoms with van der Waals surface area (Å²) in [6.45, 7) is 2.30. The van der Waals surface area contributed by atoms with Gasteiger partial charge in [-0.05, 0) is 49.2 Å². The summed E-state index contributed by atoms with van der Waals surface area (Å²) >= 11 is 0. The third kappa shape index (κ3) is 4.18. The van der Waals surface area contributed by atoms with Crippen molar-refractivity contribution in [1.82, 2.24) is 10.3 Å². The first-order chi connectivity index (χ1) is 14.0. The fourth-order valence-electron chi connectivity index (χ4n) is 3.20. The summed E-state index contributed by atoms with van der Waals surface area (Å²) in [6, 6.07) is 10.6. The van der Waals surface area contributed by atoms with Crippen molar-refractivity contribution < 1.29 is 19.0 Å². The van der Waals surface area contributed by atoms with E-state index >= 15 is 0 Å². The molecule has 7 heteroatoms. The number of carbonyl (C=O) groups is 1. The molecular weight excluding hydrogens is 372 g/mol. The Morgan fingerprint density at radius 3 is 2.34 bits per heavy atom. The predicted octanol–water partition coefficient (Wildman–Crippen LogP) is 2.83. The van der Waals surface area contributed by atoms with E-state index in [1.165, 1.54) is 14.2 Å². The van der Waals surface area contributed by atoms with Crippen LogP contribution in [0, 0.1) is 6.92 Å². The summed E-state index contributed by atoms with van der Waals surface area (Å²) in [5.74, 6) is 1.41. The van der Waals surface area contributed by atoms with Crippen molar-refractivity contribution in [2.45, 2.75) is 13.3 Å². The van der Waals surface area contributed by atoms with E-state index in [1.54, 1.807) is 25.3 Å². The maximum absolute atomic E-state index is 12.5. The molecule has 1 heterocycles. The highest BCUT2D eigenvalue weighted by atomic mass is 16.5. The monoisotopic (exact) mass is 396 g/mol. The molecule has 1 amide bonds. The lowest BCUT2D eigenvalue weighted by Gasteiger charge is -2.11. The first kappa shape index (κ1) is 20.3. The minimum atomic E-state index is -0.249. The number of hydrogen-bond acceptors (Lipinski definition) is 5. The van der Waals surface area contributed by atoms with Crippen LogP contribution < -0.4 is 25.1 Å². The number of H-pyrrole nitrogens is 1. The van der Waals surface area contributed by atoms with Gasteiger partial charge in [-0.2, -0.15) is 0 Å². The van der Waals surface area contributed by atoms with Crippen LogP contribution in [0.2, 0.25) is 0 Å². The van der Waals surface area contributed by atoms with Gasteiger partial charge in [0.1, 0.15) is 5.75 Å². The molecule has 0 bridgehead atoms. The molecule has 3 aromatic rings. The van der Waals surface area contributed by atoms with Crippen molar-refractivity contribution in [2.24, 2.45) is 0 Å². The zero-order chi connectivity index (χ0) is 21.0. The smallest absolute Gasteiger partial charge is 0.251 e. The van der Waals surface area contributed by atoms with Gasteiger partial charge in [-0.15, -0.1) is 0 Å². The van der Waals surface area contributed by atoms with Gasteiger partial charge in [-0.25, -0.2) is 0 Å². The van der Waals surface area contributed by atoms with Crippen LogP contribution in [0.3, 0.4) is 0 Å². The van der Waals surface area contributed by atoms with Gasteiger partial charge in [0.15, 0.2) is 11.5 Å². The maximum atomic E-state index is 12.5. The van der Waals surface area contributed by atoms with Crippen LogP contribution in [0.4, 0.5) is 0 Å². The quantitative estimate of drug-likeness (QED) is 0.641. The molecule has 0 aliphatic carbocycles. The third-order valence-electron chi connectivity index (χ3n) is 4.82. The van der Waals surface area contributed by atoms with Gasteiger partial charge < -0.3 is 24.5 Å². The Morgan fingerprint density at radius 1 is 0.966 bits per heavy atom. The van der Waals surface area contributed by atoms with Crippen LogP contribution in [-0.2, 0) is 6.42 Å². The Hall–Kier alpha value is -3.48. The molecule has 0 spiro atoms. The van der Waals surface area contributed by atoms with Crippen molar-refractivity contribution in [3.05, 3.63) is 63.4 Å². The number of benzene rings is 2. The maximum Gasteiger partial charge on any atom is 0.251 e.